The quantitative estimate of drug-likeness (QED) is 0.873. The molecule has 2 atom stereocenters. The van der Waals surface area contributed by atoms with Crippen molar-refractivity contribution in [1.82, 2.24) is 10.1 Å². The number of amides is 2. The van der Waals surface area contributed by atoms with Crippen LogP contribution in [0.15, 0.2) is 28.8 Å². The van der Waals surface area contributed by atoms with Gasteiger partial charge in [0.2, 0.25) is 11.7 Å². The first-order valence-corrected chi connectivity index (χ1v) is 7.94. The van der Waals surface area contributed by atoms with E-state index in [-0.39, 0.29) is 17.0 Å². The topological polar surface area (TPSA) is 110 Å². The Balaban J connectivity index is 2.01. The second-order valence-electron chi connectivity index (χ2n) is 6.02. The summed E-state index contributed by atoms with van der Waals surface area (Å²) < 4.78 is 18.3. The smallest absolute Gasteiger partial charge is 0.293 e. The highest BCUT2D eigenvalue weighted by molar-refractivity contribution is 5.98. The number of hydrogen-bond donors (Lipinski definition) is 2. The lowest BCUT2D eigenvalue weighted by molar-refractivity contribution is -0.121. The van der Waals surface area contributed by atoms with Gasteiger partial charge in [0.05, 0.1) is 11.7 Å². The number of rotatable bonds is 4. The number of likely N-dealkylation sites (tertiary alicyclic amines) is 1. The molecule has 2 aromatic rings. The zero-order valence-corrected chi connectivity index (χ0v) is 13.6. The van der Waals surface area contributed by atoms with Gasteiger partial charge in [0.1, 0.15) is 17.6 Å². The molecule has 2 amide bonds. The maximum absolute atomic E-state index is 13.1. The average Bonchev–Trinajstić information content (AvgIpc) is 3.22. The maximum atomic E-state index is 13.1. The molecular weight excluding hydrogens is 329 g/mol. The van der Waals surface area contributed by atoms with Gasteiger partial charge in [-0.3, -0.25) is 9.59 Å². The Hall–Kier alpha value is -2.74. The van der Waals surface area contributed by atoms with Crippen LogP contribution in [-0.4, -0.2) is 39.6 Å². The van der Waals surface area contributed by atoms with Crippen LogP contribution in [0.5, 0.6) is 0 Å². The molecule has 0 spiro atoms. The van der Waals surface area contributed by atoms with E-state index >= 15 is 0 Å². The lowest BCUT2D eigenvalue weighted by atomic mass is 10.0. The number of hydrogen-bond acceptors (Lipinski definition) is 5. The van der Waals surface area contributed by atoms with E-state index in [1.165, 1.54) is 36.1 Å². The highest BCUT2D eigenvalue weighted by Crippen LogP contribution is 2.32. The molecule has 1 aromatic carbocycles. The van der Waals surface area contributed by atoms with E-state index in [1.54, 1.807) is 0 Å². The predicted octanol–water partition coefficient (Wildman–Crippen LogP) is 1.62. The lowest BCUT2D eigenvalue weighted by Crippen LogP contribution is -2.43. The van der Waals surface area contributed by atoms with Gasteiger partial charge in [-0.2, -0.15) is 0 Å². The molecule has 0 aliphatic carbocycles. The van der Waals surface area contributed by atoms with Crippen LogP contribution in [0.1, 0.15) is 42.0 Å². The number of aliphatic hydroxyl groups excluding tert-OH is 1. The van der Waals surface area contributed by atoms with Crippen molar-refractivity contribution < 1.29 is 23.6 Å². The van der Waals surface area contributed by atoms with E-state index in [4.69, 9.17) is 10.3 Å². The first kappa shape index (κ1) is 17.1. The summed E-state index contributed by atoms with van der Waals surface area (Å²) >= 11 is 0. The number of nitrogens with two attached hydrogens (primary N) is 1. The van der Waals surface area contributed by atoms with Gasteiger partial charge in [0, 0.05) is 12.1 Å². The Morgan fingerprint density at radius 1 is 1.40 bits per heavy atom. The van der Waals surface area contributed by atoms with Crippen LogP contribution in [0, 0.1) is 5.82 Å². The second-order valence-corrected chi connectivity index (χ2v) is 6.02. The summed E-state index contributed by atoms with van der Waals surface area (Å²) in [4.78, 5) is 25.7. The van der Waals surface area contributed by atoms with E-state index in [0.717, 1.165) is 0 Å². The molecule has 0 saturated carbocycles. The fourth-order valence-electron chi connectivity index (χ4n) is 3.09. The van der Waals surface area contributed by atoms with Crippen molar-refractivity contribution in [3.8, 4) is 11.3 Å². The number of benzene rings is 1. The van der Waals surface area contributed by atoms with Crippen molar-refractivity contribution in [1.29, 1.82) is 0 Å². The number of primary amides is 1. The summed E-state index contributed by atoms with van der Waals surface area (Å²) in [6.45, 7) is 1.85. The highest BCUT2D eigenvalue weighted by atomic mass is 19.1. The molecule has 0 radical (unpaired) electrons. The average molecular weight is 347 g/mol. The second kappa shape index (κ2) is 6.64. The van der Waals surface area contributed by atoms with Gasteiger partial charge in [-0.1, -0.05) is 5.16 Å². The largest absolute Gasteiger partial charge is 0.388 e. The van der Waals surface area contributed by atoms with Gasteiger partial charge in [0.25, 0.3) is 5.91 Å². The summed E-state index contributed by atoms with van der Waals surface area (Å²) in [7, 11) is 0. The number of halogens is 1. The molecule has 1 aromatic heterocycles. The standard InChI is InChI=1S/C17H18FN3O4/c1-9(22)13-14(10-4-6-11(18)7-5-10)20-25-15(13)17(24)21-8-2-3-12(21)16(19)23/h4-7,9,12,22H,2-3,8H2,1H3,(H2,19,23). The van der Waals surface area contributed by atoms with E-state index in [1.807, 2.05) is 0 Å². The third-order valence-corrected chi connectivity index (χ3v) is 4.30. The molecular formula is C17H18FN3O4. The summed E-state index contributed by atoms with van der Waals surface area (Å²) in [6, 6.07) is 4.76. The van der Waals surface area contributed by atoms with Crippen molar-refractivity contribution in [2.24, 2.45) is 5.73 Å². The molecule has 7 nitrogen and oxygen atoms in total. The number of carbonyl (C=O) groups is 2. The van der Waals surface area contributed by atoms with Gasteiger partial charge >= 0.3 is 0 Å². The fourth-order valence-corrected chi connectivity index (χ4v) is 3.09. The summed E-state index contributed by atoms with van der Waals surface area (Å²) in [5.41, 5.74) is 6.31. The lowest BCUT2D eigenvalue weighted by Gasteiger charge is -2.21. The zero-order valence-electron chi connectivity index (χ0n) is 13.6. The van der Waals surface area contributed by atoms with Crippen LogP contribution in [0.2, 0.25) is 0 Å². The predicted molar refractivity (Wildman–Crippen MR) is 85.8 cm³/mol. The van der Waals surface area contributed by atoms with Crippen molar-refractivity contribution in [2.75, 3.05) is 6.54 Å². The minimum atomic E-state index is -1.04. The number of nitrogens with zero attached hydrogens (tertiary/aromatic N) is 2. The molecule has 3 N–H and O–H groups in total. The third-order valence-electron chi connectivity index (χ3n) is 4.30. The summed E-state index contributed by atoms with van der Waals surface area (Å²) in [6.07, 6.45) is 0.103. The maximum Gasteiger partial charge on any atom is 0.293 e. The fraction of sp³-hybridized carbons (Fsp3) is 0.353. The number of aliphatic hydroxyl groups is 1. The van der Waals surface area contributed by atoms with Crippen LogP contribution < -0.4 is 5.73 Å². The number of carbonyl (C=O) groups excluding carboxylic acids is 2. The van der Waals surface area contributed by atoms with Gasteiger partial charge < -0.3 is 20.3 Å². The Morgan fingerprint density at radius 3 is 2.68 bits per heavy atom. The molecule has 1 saturated heterocycles. The van der Waals surface area contributed by atoms with Crippen LogP contribution in [0.25, 0.3) is 11.3 Å². The van der Waals surface area contributed by atoms with Crippen LogP contribution in [0.3, 0.4) is 0 Å². The van der Waals surface area contributed by atoms with Crippen LogP contribution >= 0.6 is 0 Å². The van der Waals surface area contributed by atoms with Gasteiger partial charge in [-0.15, -0.1) is 0 Å². The molecule has 2 heterocycles. The minimum Gasteiger partial charge on any atom is -0.388 e. The van der Waals surface area contributed by atoms with E-state index in [0.29, 0.717) is 24.9 Å². The molecule has 1 aliphatic heterocycles. The SMILES string of the molecule is CC(O)c1c(-c2ccc(F)cc2)noc1C(=O)N1CCCC1C(N)=O. The highest BCUT2D eigenvalue weighted by Gasteiger charge is 2.37. The molecule has 132 valence electrons. The molecule has 1 aliphatic rings. The van der Waals surface area contributed by atoms with Crippen molar-refractivity contribution >= 4 is 11.8 Å². The Bertz CT molecular complexity index is 801. The minimum absolute atomic E-state index is 0.137. The third kappa shape index (κ3) is 3.12. The summed E-state index contributed by atoms with van der Waals surface area (Å²) in [5.74, 6) is -1.67. The summed E-state index contributed by atoms with van der Waals surface area (Å²) in [5, 5.41) is 14.0. The molecule has 0 bridgehead atoms. The number of aromatic nitrogens is 1. The van der Waals surface area contributed by atoms with E-state index in [9.17, 15) is 19.1 Å². The Morgan fingerprint density at radius 2 is 2.08 bits per heavy atom. The first-order chi connectivity index (χ1) is 11.9. The normalized spacial score (nSPS) is 18.4. The van der Waals surface area contributed by atoms with Crippen molar-refractivity contribution in [3.05, 3.63) is 41.4 Å². The van der Waals surface area contributed by atoms with Gasteiger partial charge in [-0.05, 0) is 44.0 Å². The van der Waals surface area contributed by atoms with Crippen molar-refractivity contribution in [3.63, 3.8) is 0 Å². The van der Waals surface area contributed by atoms with E-state index in [2.05, 4.69) is 5.16 Å². The van der Waals surface area contributed by atoms with Crippen LogP contribution in [0.4, 0.5) is 4.39 Å². The van der Waals surface area contributed by atoms with E-state index < -0.39 is 29.8 Å². The molecule has 3 rings (SSSR count). The van der Waals surface area contributed by atoms with Crippen molar-refractivity contribution in [2.45, 2.75) is 31.9 Å². The molecule has 1 fully saturated rings. The molecule has 8 heteroatoms. The first-order valence-electron chi connectivity index (χ1n) is 7.94. The van der Waals surface area contributed by atoms with Gasteiger partial charge in [-0.25, -0.2) is 4.39 Å². The Kier molecular flexibility index (Phi) is 4.54. The van der Waals surface area contributed by atoms with Gasteiger partial charge in [0.15, 0.2) is 0 Å². The Labute approximate surface area is 143 Å². The van der Waals surface area contributed by atoms with Crippen LogP contribution in [-0.2, 0) is 4.79 Å². The zero-order chi connectivity index (χ0) is 18.1. The molecule has 2 unspecified atom stereocenters. The monoisotopic (exact) mass is 347 g/mol. The molecule has 25 heavy (non-hydrogen) atoms.